The molecule has 0 unspecified atom stereocenters. The van der Waals surface area contributed by atoms with E-state index in [4.69, 9.17) is 10.00 Å². The summed E-state index contributed by atoms with van der Waals surface area (Å²) in [5.41, 5.74) is 2.50. The number of aryl methyl sites for hydroxylation is 1. The summed E-state index contributed by atoms with van der Waals surface area (Å²) >= 11 is 1.23. The molecule has 1 amide bonds. The number of carbonyl (C=O) groups excluding carboxylic acids is 2. The third-order valence-electron chi connectivity index (χ3n) is 3.63. The Morgan fingerprint density at radius 1 is 1.15 bits per heavy atom. The highest BCUT2D eigenvalue weighted by molar-refractivity contribution is 7.17. The van der Waals surface area contributed by atoms with Crippen LogP contribution >= 0.6 is 11.3 Å². The number of hydrogen-bond acceptors (Lipinski definition) is 6. The van der Waals surface area contributed by atoms with Crippen molar-refractivity contribution < 1.29 is 14.3 Å². The quantitative estimate of drug-likeness (QED) is 0.683. The van der Waals surface area contributed by atoms with Crippen molar-refractivity contribution >= 4 is 28.9 Å². The van der Waals surface area contributed by atoms with Gasteiger partial charge in [0, 0.05) is 11.3 Å². The molecule has 0 aliphatic carbocycles. The van der Waals surface area contributed by atoms with Crippen LogP contribution in [0.3, 0.4) is 0 Å². The molecule has 27 heavy (non-hydrogen) atoms. The lowest BCUT2D eigenvalue weighted by Crippen LogP contribution is -2.20. The van der Waals surface area contributed by atoms with Crippen LogP contribution in [-0.2, 0) is 9.53 Å². The second-order valence-corrected chi connectivity index (χ2v) is 6.61. The van der Waals surface area contributed by atoms with Gasteiger partial charge in [-0.1, -0.05) is 30.3 Å². The Labute approximate surface area is 160 Å². The van der Waals surface area contributed by atoms with E-state index in [1.54, 1.807) is 31.2 Å². The SMILES string of the molecule is Cc1nc(-c2ccccc2)sc1C(=O)OCC(=O)Nc1ccc(C#N)cc1. The van der Waals surface area contributed by atoms with Gasteiger partial charge in [-0.25, -0.2) is 9.78 Å². The number of benzene rings is 2. The summed E-state index contributed by atoms with van der Waals surface area (Å²) in [4.78, 5) is 29.0. The summed E-state index contributed by atoms with van der Waals surface area (Å²) in [6.07, 6.45) is 0. The van der Waals surface area contributed by atoms with Gasteiger partial charge in [-0.3, -0.25) is 4.79 Å². The Hall–Kier alpha value is -3.50. The molecule has 7 heteroatoms. The van der Waals surface area contributed by atoms with Gasteiger partial charge in [0.25, 0.3) is 5.91 Å². The van der Waals surface area contributed by atoms with Gasteiger partial charge in [0.2, 0.25) is 0 Å². The minimum absolute atomic E-state index is 0.375. The predicted octanol–water partition coefficient (Wildman–Crippen LogP) is 3.79. The van der Waals surface area contributed by atoms with Crippen LogP contribution in [0.15, 0.2) is 54.6 Å². The van der Waals surface area contributed by atoms with E-state index in [1.807, 2.05) is 36.4 Å². The van der Waals surface area contributed by atoms with Crippen LogP contribution in [0.25, 0.3) is 10.6 Å². The minimum atomic E-state index is -0.581. The normalized spacial score (nSPS) is 10.1. The molecule has 0 atom stereocenters. The molecule has 0 radical (unpaired) electrons. The van der Waals surface area contributed by atoms with Crippen LogP contribution in [0.1, 0.15) is 20.9 Å². The number of nitriles is 1. The van der Waals surface area contributed by atoms with Crippen molar-refractivity contribution in [3.05, 3.63) is 70.7 Å². The monoisotopic (exact) mass is 377 g/mol. The Morgan fingerprint density at radius 3 is 2.52 bits per heavy atom. The second-order valence-electron chi connectivity index (χ2n) is 5.61. The summed E-state index contributed by atoms with van der Waals surface area (Å²) in [5, 5.41) is 12.1. The van der Waals surface area contributed by atoms with Crippen LogP contribution in [0.2, 0.25) is 0 Å². The Bertz CT molecular complexity index is 1010. The number of carbonyl (C=O) groups is 2. The third kappa shape index (κ3) is 4.57. The molecule has 0 saturated carbocycles. The van der Waals surface area contributed by atoms with Crippen molar-refractivity contribution in [3.63, 3.8) is 0 Å². The van der Waals surface area contributed by atoms with E-state index in [2.05, 4.69) is 10.3 Å². The molecule has 3 aromatic rings. The van der Waals surface area contributed by atoms with Crippen LogP contribution in [0, 0.1) is 18.3 Å². The number of nitrogens with zero attached hydrogens (tertiary/aromatic N) is 2. The molecule has 0 saturated heterocycles. The molecule has 0 aliphatic heterocycles. The van der Waals surface area contributed by atoms with E-state index >= 15 is 0 Å². The zero-order valence-electron chi connectivity index (χ0n) is 14.4. The lowest BCUT2D eigenvalue weighted by atomic mass is 10.2. The number of aromatic nitrogens is 1. The average Bonchev–Trinajstić information content (AvgIpc) is 3.09. The van der Waals surface area contributed by atoms with Crippen molar-refractivity contribution in [2.75, 3.05) is 11.9 Å². The van der Waals surface area contributed by atoms with E-state index in [1.165, 1.54) is 11.3 Å². The standard InChI is InChI=1S/C20H15N3O3S/c1-13-18(27-19(22-13)15-5-3-2-4-6-15)20(25)26-12-17(24)23-16-9-7-14(11-21)8-10-16/h2-10H,12H2,1H3,(H,23,24). The predicted molar refractivity (Wildman–Crippen MR) is 102 cm³/mol. The molecule has 0 fully saturated rings. The van der Waals surface area contributed by atoms with Gasteiger partial charge < -0.3 is 10.1 Å². The van der Waals surface area contributed by atoms with Crippen molar-refractivity contribution in [2.24, 2.45) is 0 Å². The summed E-state index contributed by atoms with van der Waals surface area (Å²) < 4.78 is 5.10. The van der Waals surface area contributed by atoms with E-state index in [0.29, 0.717) is 21.8 Å². The highest BCUT2D eigenvalue weighted by atomic mass is 32.1. The zero-order valence-corrected chi connectivity index (χ0v) is 15.2. The molecule has 6 nitrogen and oxygen atoms in total. The Kier molecular flexibility index (Phi) is 5.59. The molecule has 1 N–H and O–H groups in total. The number of esters is 1. The molecule has 0 aliphatic rings. The lowest BCUT2D eigenvalue weighted by molar-refractivity contribution is -0.119. The fourth-order valence-corrected chi connectivity index (χ4v) is 3.28. The fourth-order valence-electron chi connectivity index (χ4n) is 2.31. The number of anilines is 1. The van der Waals surface area contributed by atoms with E-state index in [9.17, 15) is 9.59 Å². The molecular weight excluding hydrogens is 362 g/mol. The maximum atomic E-state index is 12.3. The first-order valence-electron chi connectivity index (χ1n) is 8.07. The van der Waals surface area contributed by atoms with Crippen LogP contribution in [0.4, 0.5) is 5.69 Å². The molecule has 1 aromatic heterocycles. The largest absolute Gasteiger partial charge is 0.451 e. The van der Waals surface area contributed by atoms with E-state index in [-0.39, 0.29) is 0 Å². The second kappa shape index (κ2) is 8.25. The molecular formula is C20H15N3O3S. The lowest BCUT2D eigenvalue weighted by Gasteiger charge is -2.06. The molecule has 3 rings (SSSR count). The van der Waals surface area contributed by atoms with Gasteiger partial charge in [0.1, 0.15) is 9.88 Å². The first-order chi connectivity index (χ1) is 13.1. The summed E-state index contributed by atoms with van der Waals surface area (Å²) in [7, 11) is 0. The zero-order chi connectivity index (χ0) is 19.2. The number of rotatable bonds is 5. The maximum absolute atomic E-state index is 12.3. The number of ether oxygens (including phenoxy) is 1. The molecule has 0 spiro atoms. The van der Waals surface area contributed by atoms with Crippen molar-refractivity contribution in [3.8, 4) is 16.6 Å². The van der Waals surface area contributed by atoms with Gasteiger partial charge in [0.15, 0.2) is 6.61 Å². The topological polar surface area (TPSA) is 92.1 Å². The van der Waals surface area contributed by atoms with Crippen LogP contribution in [0.5, 0.6) is 0 Å². The molecule has 134 valence electrons. The smallest absolute Gasteiger partial charge is 0.350 e. The summed E-state index contributed by atoms with van der Waals surface area (Å²) in [6.45, 7) is 1.33. The van der Waals surface area contributed by atoms with Gasteiger partial charge in [-0.15, -0.1) is 11.3 Å². The highest BCUT2D eigenvalue weighted by Crippen LogP contribution is 2.28. The van der Waals surface area contributed by atoms with Crippen molar-refractivity contribution in [1.29, 1.82) is 5.26 Å². The van der Waals surface area contributed by atoms with Crippen molar-refractivity contribution in [2.45, 2.75) is 6.92 Å². The van der Waals surface area contributed by atoms with Gasteiger partial charge in [-0.2, -0.15) is 5.26 Å². The van der Waals surface area contributed by atoms with E-state index < -0.39 is 18.5 Å². The Balaban J connectivity index is 1.59. The van der Waals surface area contributed by atoms with Gasteiger partial charge >= 0.3 is 5.97 Å². The summed E-state index contributed by atoms with van der Waals surface area (Å²) in [6, 6.07) is 17.9. The molecule has 1 heterocycles. The highest BCUT2D eigenvalue weighted by Gasteiger charge is 2.18. The molecule has 0 bridgehead atoms. The molecule has 2 aromatic carbocycles. The third-order valence-corrected chi connectivity index (χ3v) is 4.82. The van der Waals surface area contributed by atoms with Crippen molar-refractivity contribution in [1.82, 2.24) is 4.98 Å². The van der Waals surface area contributed by atoms with Crippen LogP contribution in [-0.4, -0.2) is 23.5 Å². The van der Waals surface area contributed by atoms with E-state index in [0.717, 1.165) is 10.6 Å². The van der Waals surface area contributed by atoms with Crippen LogP contribution < -0.4 is 5.32 Å². The fraction of sp³-hybridized carbons (Fsp3) is 0.100. The Morgan fingerprint density at radius 2 is 1.85 bits per heavy atom. The first kappa shape index (κ1) is 18.3. The maximum Gasteiger partial charge on any atom is 0.350 e. The number of thiazole rings is 1. The number of amides is 1. The number of nitrogens with one attached hydrogen (secondary N) is 1. The van der Waals surface area contributed by atoms with Gasteiger partial charge in [0.05, 0.1) is 17.3 Å². The average molecular weight is 377 g/mol. The number of hydrogen-bond donors (Lipinski definition) is 1. The first-order valence-corrected chi connectivity index (χ1v) is 8.88. The summed E-state index contributed by atoms with van der Waals surface area (Å²) in [5.74, 6) is -1.04. The minimum Gasteiger partial charge on any atom is -0.451 e. The van der Waals surface area contributed by atoms with Gasteiger partial charge in [-0.05, 0) is 31.2 Å².